The third-order valence-corrected chi connectivity index (χ3v) is 11.5. The topological polar surface area (TPSA) is 283 Å². The van der Waals surface area contributed by atoms with E-state index >= 15 is 0 Å². The molecule has 14 nitrogen and oxygen atoms in total. The zero-order chi connectivity index (χ0) is 59.3. The van der Waals surface area contributed by atoms with Crippen molar-refractivity contribution in [1.29, 1.82) is 0 Å². The molecule has 0 rings (SSSR count). The van der Waals surface area contributed by atoms with Crippen LogP contribution in [0.2, 0.25) is 0 Å². The Morgan fingerprint density at radius 1 is 0.278 bits per heavy atom. The number of hydrogen-bond acceptors (Lipinski definition) is 14. The van der Waals surface area contributed by atoms with E-state index in [9.17, 15) is 0 Å². The lowest BCUT2D eigenvalue weighted by Gasteiger charge is -2.20. The minimum atomic E-state index is -0.519. The van der Waals surface area contributed by atoms with Crippen LogP contribution in [-0.2, 0) is 0 Å². The lowest BCUT2D eigenvalue weighted by Crippen LogP contribution is -2.25. The van der Waals surface area contributed by atoms with Gasteiger partial charge in [-0.2, -0.15) is 0 Å². The predicted octanol–water partition coefficient (Wildman–Crippen LogP) is 8.57. The summed E-state index contributed by atoms with van der Waals surface area (Å²) in [6.45, 7) is 47.1. The first-order valence-corrected chi connectivity index (χ1v) is 28.0. The Labute approximate surface area is 447 Å². The first kappa shape index (κ1) is 90.9. The molecule has 14 heteroatoms. The molecule has 0 fully saturated rings. The molecule has 0 saturated carbocycles. The summed E-state index contributed by atoms with van der Waals surface area (Å²) in [5.41, 5.74) is 0. The number of aliphatic hydroxyl groups excluding tert-OH is 14. The third-order valence-electron chi connectivity index (χ3n) is 11.5. The molecule has 0 aliphatic rings. The van der Waals surface area contributed by atoms with Gasteiger partial charge in [0.25, 0.3) is 0 Å². The lowest BCUT2D eigenvalue weighted by atomic mass is 9.92. The van der Waals surface area contributed by atoms with Gasteiger partial charge in [-0.25, -0.2) is 0 Å². The summed E-state index contributed by atoms with van der Waals surface area (Å²) in [5, 5.41) is 122. The van der Waals surface area contributed by atoms with Gasteiger partial charge < -0.3 is 71.5 Å². The molecule has 0 aliphatic carbocycles. The van der Waals surface area contributed by atoms with E-state index < -0.39 is 24.4 Å². The zero-order valence-corrected chi connectivity index (χ0v) is 51.5. The van der Waals surface area contributed by atoms with Gasteiger partial charge in [0.05, 0.1) is 43.2 Å². The molecule has 0 saturated heterocycles. The smallest absolute Gasteiger partial charge is 0.0773 e. The molecule has 0 aliphatic heterocycles. The summed E-state index contributed by atoms with van der Waals surface area (Å²) in [6.07, 6.45) is 5.54. The van der Waals surface area contributed by atoms with E-state index in [0.717, 1.165) is 50.9 Å². The summed E-state index contributed by atoms with van der Waals surface area (Å²) < 4.78 is 0. The fraction of sp³-hybridized carbons (Fsp3) is 1.00. The van der Waals surface area contributed by atoms with Crippen molar-refractivity contribution in [2.24, 2.45) is 76.9 Å². The number of rotatable bonds is 26. The first-order chi connectivity index (χ1) is 33.0. The largest absolute Gasteiger partial charge is 0.396 e. The highest BCUT2D eigenvalue weighted by molar-refractivity contribution is 4.68. The van der Waals surface area contributed by atoms with E-state index in [1.54, 1.807) is 20.8 Å². The molecule has 0 radical (unpaired) electrons. The van der Waals surface area contributed by atoms with Crippen LogP contribution in [0.15, 0.2) is 0 Å². The molecule has 450 valence electrons. The van der Waals surface area contributed by atoms with Crippen LogP contribution in [-0.4, -0.2) is 161 Å². The van der Waals surface area contributed by atoms with Gasteiger partial charge in [-0.05, 0) is 125 Å². The lowest BCUT2D eigenvalue weighted by molar-refractivity contribution is 0.0536. The second kappa shape index (κ2) is 64.7. The van der Waals surface area contributed by atoms with Gasteiger partial charge >= 0.3 is 0 Å². The van der Waals surface area contributed by atoms with Crippen LogP contribution in [0, 0.1) is 76.9 Å². The zero-order valence-electron chi connectivity index (χ0n) is 51.5. The van der Waals surface area contributed by atoms with Gasteiger partial charge in [0, 0.05) is 69.9 Å². The van der Waals surface area contributed by atoms with Gasteiger partial charge in [0.15, 0.2) is 0 Å². The Bertz CT molecular complexity index is 817. The van der Waals surface area contributed by atoms with Crippen LogP contribution in [0.1, 0.15) is 211 Å². The van der Waals surface area contributed by atoms with Crippen LogP contribution < -0.4 is 0 Å². The van der Waals surface area contributed by atoms with Crippen LogP contribution in [0.3, 0.4) is 0 Å². The molecule has 0 aromatic heterocycles. The monoisotopic (exact) mass is 1050 g/mol. The normalized spacial score (nSPS) is 14.7. The number of aliphatic hydroxyl groups is 14. The fourth-order valence-electron chi connectivity index (χ4n) is 6.04. The fourth-order valence-corrected chi connectivity index (χ4v) is 6.04. The molecule has 0 bridgehead atoms. The highest BCUT2D eigenvalue weighted by atomic mass is 16.3. The van der Waals surface area contributed by atoms with Crippen molar-refractivity contribution in [2.45, 2.75) is 247 Å². The molecule has 0 heterocycles. The quantitative estimate of drug-likeness (QED) is 0.0387. The van der Waals surface area contributed by atoms with Gasteiger partial charge in [0.2, 0.25) is 0 Å². The summed E-state index contributed by atoms with van der Waals surface area (Å²) in [4.78, 5) is 0. The van der Waals surface area contributed by atoms with Crippen molar-refractivity contribution in [2.75, 3.05) is 52.9 Å². The maximum Gasteiger partial charge on any atom is 0.0773 e. The molecule has 0 aromatic rings. The van der Waals surface area contributed by atoms with E-state index in [1.807, 2.05) is 83.1 Å². The maximum absolute atomic E-state index is 9.03. The Hall–Kier alpha value is -0.560. The van der Waals surface area contributed by atoms with Crippen LogP contribution in [0.4, 0.5) is 0 Å². The molecule has 14 N–H and O–H groups in total. The summed E-state index contributed by atoms with van der Waals surface area (Å²) in [6, 6.07) is 0. The first-order valence-electron chi connectivity index (χ1n) is 28.0. The molecular weight excluding hydrogens is 921 g/mol. The van der Waals surface area contributed by atoms with E-state index in [4.69, 9.17) is 71.5 Å². The minimum Gasteiger partial charge on any atom is -0.396 e. The summed E-state index contributed by atoms with van der Waals surface area (Å²) >= 11 is 0. The van der Waals surface area contributed by atoms with Crippen molar-refractivity contribution in [3.8, 4) is 0 Å². The van der Waals surface area contributed by atoms with Crippen molar-refractivity contribution in [1.82, 2.24) is 0 Å². The average Bonchev–Trinajstić information content (AvgIpc) is 3.24. The van der Waals surface area contributed by atoms with E-state index in [1.165, 1.54) is 0 Å². The maximum atomic E-state index is 9.03. The van der Waals surface area contributed by atoms with Crippen LogP contribution in [0.25, 0.3) is 0 Å². The number of hydrogen-bond donors (Lipinski definition) is 14. The molecule has 5 unspecified atom stereocenters. The van der Waals surface area contributed by atoms with Crippen molar-refractivity contribution in [3.63, 3.8) is 0 Å². The van der Waals surface area contributed by atoms with Crippen LogP contribution in [0.5, 0.6) is 0 Å². The van der Waals surface area contributed by atoms with Crippen molar-refractivity contribution >= 4 is 0 Å². The molecule has 0 aromatic carbocycles. The third kappa shape index (κ3) is 83.4. The molecule has 0 spiro atoms. The van der Waals surface area contributed by atoms with E-state index in [2.05, 4.69) is 55.4 Å². The average molecular weight is 1060 g/mol. The van der Waals surface area contributed by atoms with Crippen molar-refractivity contribution in [3.05, 3.63) is 0 Å². The van der Waals surface area contributed by atoms with Gasteiger partial charge in [-0.3, -0.25) is 0 Å². The standard InChI is InChI=1S/3C7H16O2.2C7H16O.2C6H14O2.C6H14O.C5H12O/c3*1-5(2)7(4-8)6(3)9;2*1-4-7(8)5-6(2)3;1-5(2)6(3-7)4-8;1-5(2)3-6(8)4-7;1-6(2)4-3-5-7;1-5(2)3-4-6/h3*5-9H,4H2,1-3H3;2*6-8H,4-5H2,1-3H3;2*5-8H,3-4H2,1-2H3;6-7H,3-5H2,1-2H3;5-6H,3-4H2,1-2H3/t2*6-,7?;;7-;;;6-;;/m10.1..1../s1. The molecule has 9 atom stereocenters. The Kier molecular flexibility index (Phi) is 81.7. The molecule has 0 amide bonds. The Balaban J connectivity index is -0.0000000888. The van der Waals surface area contributed by atoms with Gasteiger partial charge in [-0.15, -0.1) is 0 Å². The second-order valence-corrected chi connectivity index (χ2v) is 22.9. The summed E-state index contributed by atoms with van der Waals surface area (Å²) in [5.74, 6) is 4.73. The second-order valence-electron chi connectivity index (χ2n) is 22.9. The SMILES string of the molecule is CC(C)C(CO)C(C)O.CC(C)C(CO)CO.CC(C)C(CO)[C@@H](C)O.CC(C)C(CO)[C@H](C)O.CC(C)CCCO.CC(C)CCO.CC(C)C[C@@H](O)CO.CCC(O)CC(C)C.CC[C@@H](O)CC(C)C. The Morgan fingerprint density at radius 3 is 0.583 bits per heavy atom. The van der Waals surface area contributed by atoms with Crippen LogP contribution >= 0.6 is 0 Å². The van der Waals surface area contributed by atoms with E-state index in [0.29, 0.717) is 67.0 Å². The summed E-state index contributed by atoms with van der Waals surface area (Å²) in [7, 11) is 0. The van der Waals surface area contributed by atoms with Crippen molar-refractivity contribution < 1.29 is 71.5 Å². The molecular formula is C58H134O14. The Morgan fingerprint density at radius 2 is 0.542 bits per heavy atom. The van der Waals surface area contributed by atoms with Gasteiger partial charge in [0.1, 0.15) is 0 Å². The predicted molar refractivity (Wildman–Crippen MR) is 306 cm³/mol. The molecule has 72 heavy (non-hydrogen) atoms. The highest BCUT2D eigenvalue weighted by Crippen LogP contribution is 2.15. The minimum absolute atomic E-state index is 0.0324. The highest BCUT2D eigenvalue weighted by Gasteiger charge is 2.18. The van der Waals surface area contributed by atoms with Gasteiger partial charge in [-0.1, -0.05) is 138 Å². The van der Waals surface area contributed by atoms with E-state index in [-0.39, 0.29) is 75.5 Å².